The number of ether oxygens (including phenoxy) is 1. The summed E-state index contributed by atoms with van der Waals surface area (Å²) in [5, 5.41) is 3.48. The van der Waals surface area contributed by atoms with Crippen molar-refractivity contribution in [3.8, 4) is 0 Å². The number of rotatable bonds is 1. The predicted octanol–water partition coefficient (Wildman–Crippen LogP) is 1.49. The number of nitrogens with one attached hydrogen (secondary N) is 1. The van der Waals surface area contributed by atoms with E-state index in [9.17, 15) is 0 Å². The van der Waals surface area contributed by atoms with Gasteiger partial charge in [-0.05, 0) is 20.3 Å². The van der Waals surface area contributed by atoms with Crippen molar-refractivity contribution < 1.29 is 4.74 Å². The average molecular weight is 214 g/mol. The number of nitrogens with zero attached hydrogens (tertiary/aromatic N) is 1. The molecular formula is C12H26N2O. The van der Waals surface area contributed by atoms with E-state index in [4.69, 9.17) is 4.74 Å². The summed E-state index contributed by atoms with van der Waals surface area (Å²) < 4.78 is 5.54. The molecule has 0 saturated carbocycles. The first kappa shape index (κ1) is 12.9. The van der Waals surface area contributed by atoms with Crippen LogP contribution < -0.4 is 5.32 Å². The molecule has 2 aliphatic heterocycles. The van der Waals surface area contributed by atoms with Crippen molar-refractivity contribution >= 4 is 0 Å². The smallest absolute Gasteiger partial charge is 0.0663 e. The Bertz CT molecular complexity index is 176. The van der Waals surface area contributed by atoms with Gasteiger partial charge in [0, 0.05) is 32.3 Å². The molecule has 2 aliphatic rings. The molecule has 1 N–H and O–H groups in total. The summed E-state index contributed by atoms with van der Waals surface area (Å²) in [6, 6.07) is 0.642. The van der Waals surface area contributed by atoms with E-state index in [0.717, 1.165) is 26.3 Å². The molecule has 0 aromatic carbocycles. The second kappa shape index (κ2) is 5.83. The Hall–Kier alpha value is -0.120. The molecule has 2 saturated heterocycles. The van der Waals surface area contributed by atoms with Crippen LogP contribution in [-0.4, -0.2) is 49.3 Å². The second-order valence-electron chi connectivity index (χ2n) is 4.49. The normalized spacial score (nSPS) is 31.8. The van der Waals surface area contributed by atoms with Crippen LogP contribution in [0.4, 0.5) is 0 Å². The predicted molar refractivity (Wildman–Crippen MR) is 64.2 cm³/mol. The van der Waals surface area contributed by atoms with Crippen molar-refractivity contribution in [1.29, 1.82) is 0 Å². The van der Waals surface area contributed by atoms with Crippen molar-refractivity contribution in [1.82, 2.24) is 10.2 Å². The van der Waals surface area contributed by atoms with Crippen molar-refractivity contribution in [2.75, 3.05) is 32.8 Å². The highest BCUT2D eigenvalue weighted by molar-refractivity contribution is 4.99. The molecule has 2 rings (SSSR count). The summed E-state index contributed by atoms with van der Waals surface area (Å²) in [6.07, 6.45) is 1.19. The van der Waals surface area contributed by atoms with E-state index in [1.54, 1.807) is 0 Å². The lowest BCUT2D eigenvalue weighted by Crippen LogP contribution is -2.63. The van der Waals surface area contributed by atoms with Crippen molar-refractivity contribution in [3.05, 3.63) is 0 Å². The van der Waals surface area contributed by atoms with Crippen LogP contribution in [0.1, 0.15) is 34.1 Å². The fraction of sp³-hybridized carbons (Fsp3) is 1.00. The van der Waals surface area contributed by atoms with Crippen LogP contribution >= 0.6 is 0 Å². The van der Waals surface area contributed by atoms with E-state index in [1.807, 2.05) is 13.8 Å². The van der Waals surface area contributed by atoms with E-state index in [1.165, 1.54) is 13.0 Å². The third kappa shape index (κ3) is 2.71. The minimum absolute atomic E-state index is 0.312. The lowest BCUT2D eigenvalue weighted by atomic mass is 9.92. The number of hydrogen-bond donors (Lipinski definition) is 1. The van der Waals surface area contributed by atoms with Gasteiger partial charge in [0.1, 0.15) is 0 Å². The molecule has 0 amide bonds. The molecule has 3 heteroatoms. The van der Waals surface area contributed by atoms with E-state index >= 15 is 0 Å². The van der Waals surface area contributed by atoms with E-state index in [0.29, 0.717) is 11.6 Å². The minimum atomic E-state index is 0.312. The molecule has 1 spiro atoms. The first-order valence-electron chi connectivity index (χ1n) is 6.30. The van der Waals surface area contributed by atoms with Crippen molar-refractivity contribution in [2.45, 2.75) is 45.7 Å². The summed E-state index contributed by atoms with van der Waals surface area (Å²) in [4.78, 5) is 2.61. The molecule has 0 bridgehead atoms. The first-order valence-corrected chi connectivity index (χ1v) is 6.30. The summed E-state index contributed by atoms with van der Waals surface area (Å²) >= 11 is 0. The highest BCUT2D eigenvalue weighted by Crippen LogP contribution is 2.28. The number of hydrogen-bond acceptors (Lipinski definition) is 3. The summed E-state index contributed by atoms with van der Waals surface area (Å²) in [6.45, 7) is 13.8. The SMILES string of the molecule is CC.CC(C)N1CCNCC12CCOC2. The van der Waals surface area contributed by atoms with Gasteiger partial charge in [0.25, 0.3) is 0 Å². The van der Waals surface area contributed by atoms with Gasteiger partial charge in [-0.3, -0.25) is 4.90 Å². The molecule has 2 heterocycles. The van der Waals surface area contributed by atoms with E-state index in [2.05, 4.69) is 24.1 Å². The molecule has 1 atom stereocenters. The Balaban J connectivity index is 0.000000531. The second-order valence-corrected chi connectivity index (χ2v) is 4.49. The zero-order valence-electron chi connectivity index (χ0n) is 10.7. The molecule has 1 unspecified atom stereocenters. The van der Waals surface area contributed by atoms with Gasteiger partial charge in [0.15, 0.2) is 0 Å². The molecule has 0 aromatic rings. The quantitative estimate of drug-likeness (QED) is 0.715. The van der Waals surface area contributed by atoms with Crippen LogP contribution in [-0.2, 0) is 4.74 Å². The van der Waals surface area contributed by atoms with Crippen LogP contribution in [0.15, 0.2) is 0 Å². The minimum Gasteiger partial charge on any atom is -0.379 e. The van der Waals surface area contributed by atoms with Crippen LogP contribution in [0, 0.1) is 0 Å². The van der Waals surface area contributed by atoms with Crippen LogP contribution in [0.3, 0.4) is 0 Å². The third-order valence-electron chi connectivity index (χ3n) is 3.30. The topological polar surface area (TPSA) is 24.5 Å². The highest BCUT2D eigenvalue weighted by Gasteiger charge is 2.42. The van der Waals surface area contributed by atoms with E-state index < -0.39 is 0 Å². The Kier molecular flexibility index (Phi) is 5.03. The van der Waals surface area contributed by atoms with Gasteiger partial charge in [0.05, 0.1) is 12.1 Å². The largest absolute Gasteiger partial charge is 0.379 e. The monoisotopic (exact) mass is 214 g/mol. The Morgan fingerprint density at radius 3 is 2.60 bits per heavy atom. The molecular weight excluding hydrogens is 188 g/mol. The Morgan fingerprint density at radius 2 is 2.07 bits per heavy atom. The molecule has 0 aromatic heterocycles. The average Bonchev–Trinajstić information content (AvgIpc) is 2.70. The molecule has 90 valence electrons. The first-order chi connectivity index (χ1) is 7.25. The van der Waals surface area contributed by atoms with Gasteiger partial charge >= 0.3 is 0 Å². The highest BCUT2D eigenvalue weighted by atomic mass is 16.5. The van der Waals surface area contributed by atoms with Gasteiger partial charge < -0.3 is 10.1 Å². The van der Waals surface area contributed by atoms with Crippen LogP contribution in [0.2, 0.25) is 0 Å². The van der Waals surface area contributed by atoms with Gasteiger partial charge in [0.2, 0.25) is 0 Å². The molecule has 0 aliphatic carbocycles. The molecule has 0 radical (unpaired) electrons. The van der Waals surface area contributed by atoms with E-state index in [-0.39, 0.29) is 0 Å². The fourth-order valence-corrected chi connectivity index (χ4v) is 2.63. The van der Waals surface area contributed by atoms with Crippen molar-refractivity contribution in [2.24, 2.45) is 0 Å². The lowest BCUT2D eigenvalue weighted by Gasteiger charge is -2.46. The van der Waals surface area contributed by atoms with Crippen LogP contribution in [0.25, 0.3) is 0 Å². The fourth-order valence-electron chi connectivity index (χ4n) is 2.63. The van der Waals surface area contributed by atoms with Crippen molar-refractivity contribution in [3.63, 3.8) is 0 Å². The molecule has 2 fully saturated rings. The molecule has 15 heavy (non-hydrogen) atoms. The molecule has 3 nitrogen and oxygen atoms in total. The summed E-state index contributed by atoms with van der Waals surface area (Å²) in [5.74, 6) is 0. The maximum atomic E-state index is 5.54. The van der Waals surface area contributed by atoms with Crippen LogP contribution in [0.5, 0.6) is 0 Å². The lowest BCUT2D eigenvalue weighted by molar-refractivity contribution is 0.0215. The zero-order chi connectivity index (χ0) is 11.3. The zero-order valence-corrected chi connectivity index (χ0v) is 10.7. The van der Waals surface area contributed by atoms with Gasteiger partial charge in [-0.15, -0.1) is 0 Å². The summed E-state index contributed by atoms with van der Waals surface area (Å²) in [5.41, 5.74) is 0.312. The third-order valence-corrected chi connectivity index (χ3v) is 3.30. The summed E-state index contributed by atoms with van der Waals surface area (Å²) in [7, 11) is 0. The Morgan fingerprint density at radius 1 is 1.33 bits per heavy atom. The maximum absolute atomic E-state index is 5.54. The standard InChI is InChI=1S/C10H20N2O.C2H6/c1-9(2)12-5-4-11-7-10(12)3-6-13-8-10;1-2/h9,11H,3-8H2,1-2H3;1-2H3. The number of piperazine rings is 1. The van der Waals surface area contributed by atoms with Gasteiger partial charge in [-0.1, -0.05) is 13.8 Å². The van der Waals surface area contributed by atoms with Gasteiger partial charge in [-0.25, -0.2) is 0 Å². The Labute approximate surface area is 94.2 Å². The van der Waals surface area contributed by atoms with Gasteiger partial charge in [-0.2, -0.15) is 0 Å². The maximum Gasteiger partial charge on any atom is 0.0663 e.